The molecule has 0 fully saturated rings. The summed E-state index contributed by atoms with van der Waals surface area (Å²) >= 11 is 6.10. The fraction of sp³-hybridized carbons (Fsp3) is 0.182. The summed E-state index contributed by atoms with van der Waals surface area (Å²) in [6.45, 7) is 0. The molecule has 0 aliphatic heterocycles. The van der Waals surface area contributed by atoms with Gasteiger partial charge in [0.25, 0.3) is 0 Å². The first-order chi connectivity index (χ1) is 8.02. The Hall–Kier alpha value is -1.75. The Morgan fingerprint density at radius 2 is 2.12 bits per heavy atom. The number of hydrogen-bond acceptors (Lipinski definition) is 3. The molecule has 0 bridgehead atoms. The molecule has 1 aromatic heterocycles. The van der Waals surface area contributed by atoms with E-state index in [2.05, 4.69) is 5.10 Å². The molecule has 0 saturated carbocycles. The highest BCUT2D eigenvalue weighted by atomic mass is 35.5. The number of aromatic nitrogens is 2. The molecular formula is C11H11ClFN3O. The molecule has 0 aliphatic carbocycles. The van der Waals surface area contributed by atoms with E-state index in [1.165, 1.54) is 23.9 Å². The van der Waals surface area contributed by atoms with Crippen LogP contribution in [0.4, 0.5) is 10.2 Å². The SMILES string of the molecule is COc1cc(F)cc(-c2cc(N)n(C)n2)c1Cl. The summed E-state index contributed by atoms with van der Waals surface area (Å²) in [7, 11) is 3.13. The summed E-state index contributed by atoms with van der Waals surface area (Å²) in [6, 6.07) is 4.14. The Morgan fingerprint density at radius 3 is 2.65 bits per heavy atom. The lowest BCUT2D eigenvalue weighted by Crippen LogP contribution is -1.96. The Labute approximate surface area is 103 Å². The van der Waals surface area contributed by atoms with E-state index in [-0.39, 0.29) is 5.75 Å². The molecule has 0 saturated heterocycles. The monoisotopic (exact) mass is 255 g/mol. The van der Waals surface area contributed by atoms with Crippen molar-refractivity contribution in [2.24, 2.45) is 7.05 Å². The minimum Gasteiger partial charge on any atom is -0.495 e. The molecule has 2 aromatic rings. The van der Waals surface area contributed by atoms with Gasteiger partial charge in [0.15, 0.2) is 0 Å². The summed E-state index contributed by atoms with van der Waals surface area (Å²) in [4.78, 5) is 0. The number of rotatable bonds is 2. The number of methoxy groups -OCH3 is 1. The third kappa shape index (κ3) is 2.06. The fourth-order valence-electron chi connectivity index (χ4n) is 1.51. The van der Waals surface area contributed by atoms with Gasteiger partial charge in [-0.25, -0.2) is 4.39 Å². The van der Waals surface area contributed by atoms with Crippen LogP contribution >= 0.6 is 11.6 Å². The summed E-state index contributed by atoms with van der Waals surface area (Å²) in [5.74, 6) is 0.302. The number of aryl methyl sites for hydroxylation is 1. The Kier molecular flexibility index (Phi) is 2.93. The molecule has 0 amide bonds. The summed E-state index contributed by atoms with van der Waals surface area (Å²) in [6.07, 6.45) is 0. The maximum atomic E-state index is 13.4. The van der Waals surface area contributed by atoms with Gasteiger partial charge in [0.1, 0.15) is 17.4 Å². The fourth-order valence-corrected chi connectivity index (χ4v) is 1.80. The van der Waals surface area contributed by atoms with Crippen molar-refractivity contribution in [1.82, 2.24) is 9.78 Å². The zero-order valence-corrected chi connectivity index (χ0v) is 10.1. The molecule has 0 atom stereocenters. The van der Waals surface area contributed by atoms with Gasteiger partial charge in [-0.15, -0.1) is 0 Å². The molecule has 2 N–H and O–H groups in total. The van der Waals surface area contributed by atoms with Crippen LogP contribution in [0.5, 0.6) is 5.75 Å². The van der Waals surface area contributed by atoms with Crippen molar-refractivity contribution in [3.05, 3.63) is 29.0 Å². The minimum atomic E-state index is -0.439. The molecule has 0 aliphatic rings. The van der Waals surface area contributed by atoms with E-state index in [1.54, 1.807) is 13.1 Å². The third-order valence-corrected chi connectivity index (χ3v) is 2.81. The van der Waals surface area contributed by atoms with Gasteiger partial charge in [-0.2, -0.15) is 5.10 Å². The molecule has 1 aromatic carbocycles. The zero-order valence-electron chi connectivity index (χ0n) is 9.37. The average molecular weight is 256 g/mol. The third-order valence-electron chi connectivity index (χ3n) is 2.42. The number of nitrogen functional groups attached to an aromatic ring is 1. The number of ether oxygens (including phenoxy) is 1. The Bertz CT molecular complexity index is 549. The number of nitrogens with two attached hydrogens (primary N) is 1. The molecule has 0 spiro atoms. The van der Waals surface area contributed by atoms with Gasteiger partial charge in [0.2, 0.25) is 0 Å². The molecule has 4 nitrogen and oxygen atoms in total. The molecule has 0 radical (unpaired) electrons. The van der Waals surface area contributed by atoms with Crippen molar-refractivity contribution in [2.45, 2.75) is 0 Å². The number of benzene rings is 1. The quantitative estimate of drug-likeness (QED) is 0.897. The number of halogens is 2. The number of anilines is 1. The molecule has 6 heteroatoms. The van der Waals surface area contributed by atoms with Gasteiger partial charge in [-0.05, 0) is 6.07 Å². The van der Waals surface area contributed by atoms with E-state index in [4.69, 9.17) is 22.1 Å². The second-order valence-corrected chi connectivity index (χ2v) is 3.93. The highest BCUT2D eigenvalue weighted by Gasteiger charge is 2.14. The van der Waals surface area contributed by atoms with E-state index in [0.717, 1.165) is 0 Å². The molecule has 90 valence electrons. The van der Waals surface area contributed by atoms with Crippen LogP contribution in [0.2, 0.25) is 5.02 Å². The van der Waals surface area contributed by atoms with E-state index < -0.39 is 5.82 Å². The lowest BCUT2D eigenvalue weighted by molar-refractivity contribution is 0.412. The predicted molar refractivity (Wildman–Crippen MR) is 64.6 cm³/mol. The van der Waals surface area contributed by atoms with Crippen LogP contribution in [0.15, 0.2) is 18.2 Å². The zero-order chi connectivity index (χ0) is 12.6. The highest BCUT2D eigenvalue weighted by Crippen LogP contribution is 2.36. The summed E-state index contributed by atoms with van der Waals surface area (Å²) in [5.41, 5.74) is 6.63. The maximum Gasteiger partial charge on any atom is 0.141 e. The number of hydrogen-bond donors (Lipinski definition) is 1. The second-order valence-electron chi connectivity index (χ2n) is 3.55. The molecule has 17 heavy (non-hydrogen) atoms. The molecular weight excluding hydrogens is 245 g/mol. The van der Waals surface area contributed by atoms with E-state index in [1.807, 2.05) is 0 Å². The van der Waals surface area contributed by atoms with Crippen molar-refractivity contribution >= 4 is 17.4 Å². The van der Waals surface area contributed by atoms with Gasteiger partial charge >= 0.3 is 0 Å². The van der Waals surface area contributed by atoms with Gasteiger partial charge in [0.05, 0.1) is 17.8 Å². The van der Waals surface area contributed by atoms with Crippen molar-refractivity contribution in [3.63, 3.8) is 0 Å². The topological polar surface area (TPSA) is 53.1 Å². The van der Waals surface area contributed by atoms with Crippen molar-refractivity contribution in [1.29, 1.82) is 0 Å². The smallest absolute Gasteiger partial charge is 0.141 e. The highest BCUT2D eigenvalue weighted by molar-refractivity contribution is 6.34. The summed E-state index contributed by atoms with van der Waals surface area (Å²) in [5, 5.41) is 4.45. The second kappa shape index (κ2) is 4.25. The van der Waals surface area contributed by atoms with Crippen LogP contribution in [0.1, 0.15) is 0 Å². The normalized spacial score (nSPS) is 10.6. The van der Waals surface area contributed by atoms with Crippen LogP contribution in [-0.4, -0.2) is 16.9 Å². The van der Waals surface area contributed by atoms with Crippen LogP contribution in [0.3, 0.4) is 0 Å². The molecule has 0 unspecified atom stereocenters. The van der Waals surface area contributed by atoms with E-state index in [0.29, 0.717) is 22.1 Å². The van der Waals surface area contributed by atoms with E-state index >= 15 is 0 Å². The van der Waals surface area contributed by atoms with Gasteiger partial charge in [-0.1, -0.05) is 11.6 Å². The molecule has 2 rings (SSSR count). The van der Waals surface area contributed by atoms with Crippen molar-refractivity contribution < 1.29 is 9.13 Å². The van der Waals surface area contributed by atoms with Crippen LogP contribution in [0, 0.1) is 5.82 Å². The average Bonchev–Trinajstić information content (AvgIpc) is 2.62. The van der Waals surface area contributed by atoms with Crippen molar-refractivity contribution in [3.8, 4) is 17.0 Å². The van der Waals surface area contributed by atoms with Crippen molar-refractivity contribution in [2.75, 3.05) is 12.8 Å². The largest absolute Gasteiger partial charge is 0.495 e. The maximum absolute atomic E-state index is 13.4. The van der Waals surface area contributed by atoms with Gasteiger partial charge in [-0.3, -0.25) is 4.68 Å². The first-order valence-corrected chi connectivity index (χ1v) is 5.23. The first kappa shape index (κ1) is 11.7. The predicted octanol–water partition coefficient (Wildman–Crippen LogP) is 2.47. The van der Waals surface area contributed by atoms with Crippen LogP contribution in [-0.2, 0) is 7.05 Å². The van der Waals surface area contributed by atoms with E-state index in [9.17, 15) is 4.39 Å². The minimum absolute atomic E-state index is 0.269. The summed E-state index contributed by atoms with van der Waals surface area (Å²) < 4.78 is 19.9. The van der Waals surface area contributed by atoms with Crippen LogP contribution in [0.25, 0.3) is 11.3 Å². The molecule has 1 heterocycles. The van der Waals surface area contributed by atoms with Crippen LogP contribution < -0.4 is 10.5 Å². The lowest BCUT2D eigenvalue weighted by Gasteiger charge is -2.07. The Morgan fingerprint density at radius 1 is 1.41 bits per heavy atom. The first-order valence-electron chi connectivity index (χ1n) is 4.86. The standard InChI is InChI=1S/C11H11ClFN3O/c1-16-10(14)5-8(15-16)7-3-6(13)4-9(17-2)11(7)12/h3-5H,14H2,1-2H3. The van der Waals surface area contributed by atoms with Gasteiger partial charge in [0, 0.05) is 24.7 Å². The number of nitrogens with zero attached hydrogens (tertiary/aromatic N) is 2. The lowest BCUT2D eigenvalue weighted by atomic mass is 10.1. The van der Waals surface area contributed by atoms with Gasteiger partial charge < -0.3 is 10.5 Å². The Balaban J connectivity index is 2.62.